The van der Waals surface area contributed by atoms with Crippen LogP contribution in [0.2, 0.25) is 0 Å². The number of amides is 1. The molecule has 0 aromatic rings. The maximum Gasteiger partial charge on any atom is 0.304 e. The van der Waals surface area contributed by atoms with E-state index in [-0.39, 0.29) is 18.2 Å². The minimum Gasteiger partial charge on any atom is -0.481 e. The van der Waals surface area contributed by atoms with Gasteiger partial charge in [0.2, 0.25) is 5.91 Å². The zero-order valence-electron chi connectivity index (χ0n) is 8.11. The Morgan fingerprint density at radius 2 is 2.21 bits per heavy atom. The first-order valence-corrected chi connectivity index (χ1v) is 4.83. The predicted octanol–water partition coefficient (Wildman–Crippen LogP) is -0.342. The first-order valence-electron chi connectivity index (χ1n) is 4.83. The summed E-state index contributed by atoms with van der Waals surface area (Å²) >= 11 is 0. The van der Waals surface area contributed by atoms with E-state index in [9.17, 15) is 9.59 Å². The minimum absolute atomic E-state index is 0.0995. The molecule has 0 saturated carbocycles. The van der Waals surface area contributed by atoms with E-state index < -0.39 is 5.97 Å². The van der Waals surface area contributed by atoms with E-state index in [0.717, 1.165) is 19.4 Å². The van der Waals surface area contributed by atoms with Crippen molar-refractivity contribution in [1.82, 2.24) is 4.90 Å². The third-order valence-electron chi connectivity index (χ3n) is 2.55. The van der Waals surface area contributed by atoms with Crippen LogP contribution in [0.3, 0.4) is 0 Å². The lowest BCUT2D eigenvalue weighted by Crippen LogP contribution is -2.41. The van der Waals surface area contributed by atoms with Gasteiger partial charge in [-0.2, -0.15) is 0 Å². The molecule has 1 heterocycles. The molecule has 1 aliphatic heterocycles. The average molecular weight is 200 g/mol. The second-order valence-corrected chi connectivity index (χ2v) is 3.69. The van der Waals surface area contributed by atoms with E-state index in [1.54, 1.807) is 0 Å². The number of hydrogen-bond donors (Lipinski definition) is 2. The zero-order chi connectivity index (χ0) is 10.6. The van der Waals surface area contributed by atoms with Crippen LogP contribution in [-0.2, 0) is 9.59 Å². The minimum atomic E-state index is -0.800. The molecule has 1 aliphatic rings. The highest BCUT2D eigenvalue weighted by Gasteiger charge is 2.23. The lowest BCUT2D eigenvalue weighted by molar-refractivity contribution is -0.137. The fourth-order valence-electron chi connectivity index (χ4n) is 1.74. The highest BCUT2D eigenvalue weighted by Crippen LogP contribution is 2.15. The van der Waals surface area contributed by atoms with Gasteiger partial charge in [0.15, 0.2) is 0 Å². The van der Waals surface area contributed by atoms with E-state index in [1.165, 1.54) is 0 Å². The van der Waals surface area contributed by atoms with E-state index in [0.29, 0.717) is 13.1 Å². The largest absolute Gasteiger partial charge is 0.481 e. The number of carboxylic acid groups (broad SMARTS) is 1. The number of rotatable bonds is 4. The second kappa shape index (κ2) is 4.95. The summed E-state index contributed by atoms with van der Waals surface area (Å²) in [5.41, 5.74) is 5.20. The van der Waals surface area contributed by atoms with Gasteiger partial charge in [-0.3, -0.25) is 9.59 Å². The third kappa shape index (κ3) is 3.33. The quantitative estimate of drug-likeness (QED) is 0.650. The summed E-state index contributed by atoms with van der Waals surface area (Å²) < 4.78 is 0. The standard InChI is InChI=1S/C9H16N2O3/c10-9(14)7-2-1-4-11(6-7)5-3-8(12)13/h7H,1-6H2,(H2,10,14)(H,12,13)/t7-/m1/s1. The summed E-state index contributed by atoms with van der Waals surface area (Å²) in [6.45, 7) is 2.00. The number of hydrogen-bond acceptors (Lipinski definition) is 3. The molecule has 80 valence electrons. The highest BCUT2D eigenvalue weighted by molar-refractivity contribution is 5.77. The Morgan fingerprint density at radius 3 is 2.79 bits per heavy atom. The fourth-order valence-corrected chi connectivity index (χ4v) is 1.74. The number of carbonyl (C=O) groups excluding carboxylic acids is 1. The molecule has 1 saturated heterocycles. The van der Waals surface area contributed by atoms with Gasteiger partial charge >= 0.3 is 5.97 Å². The van der Waals surface area contributed by atoms with Gasteiger partial charge in [-0.05, 0) is 19.4 Å². The number of primary amides is 1. The summed E-state index contributed by atoms with van der Waals surface area (Å²) in [5, 5.41) is 8.50. The van der Waals surface area contributed by atoms with E-state index in [2.05, 4.69) is 0 Å². The van der Waals surface area contributed by atoms with Gasteiger partial charge in [0.1, 0.15) is 0 Å². The van der Waals surface area contributed by atoms with Crippen LogP contribution in [0, 0.1) is 5.92 Å². The number of carboxylic acids is 1. The van der Waals surface area contributed by atoms with Gasteiger partial charge < -0.3 is 15.7 Å². The maximum absolute atomic E-state index is 10.9. The van der Waals surface area contributed by atoms with Gasteiger partial charge in [-0.1, -0.05) is 0 Å². The van der Waals surface area contributed by atoms with Crippen molar-refractivity contribution in [2.45, 2.75) is 19.3 Å². The number of piperidine rings is 1. The monoisotopic (exact) mass is 200 g/mol. The van der Waals surface area contributed by atoms with Crippen molar-refractivity contribution in [3.05, 3.63) is 0 Å². The summed E-state index contributed by atoms with van der Waals surface area (Å²) in [6.07, 6.45) is 1.89. The first kappa shape index (κ1) is 11.0. The van der Waals surface area contributed by atoms with Crippen LogP contribution in [0.4, 0.5) is 0 Å². The number of nitrogens with zero attached hydrogens (tertiary/aromatic N) is 1. The number of nitrogens with two attached hydrogens (primary N) is 1. The molecule has 1 rings (SSSR count). The molecular weight excluding hydrogens is 184 g/mol. The molecule has 0 aromatic carbocycles. The molecule has 1 atom stereocenters. The molecule has 1 amide bonds. The van der Waals surface area contributed by atoms with Crippen LogP contribution in [0.25, 0.3) is 0 Å². The summed E-state index contributed by atoms with van der Waals surface area (Å²) in [4.78, 5) is 23.2. The molecule has 0 spiro atoms. The first-order chi connectivity index (χ1) is 6.59. The molecule has 0 aliphatic carbocycles. The molecular formula is C9H16N2O3. The molecule has 1 fully saturated rings. The molecule has 5 heteroatoms. The number of aliphatic carboxylic acids is 1. The molecule has 0 radical (unpaired) electrons. The van der Waals surface area contributed by atoms with Gasteiger partial charge in [0.25, 0.3) is 0 Å². The Bertz CT molecular complexity index is 230. The van der Waals surface area contributed by atoms with Crippen molar-refractivity contribution in [2.24, 2.45) is 11.7 Å². The third-order valence-corrected chi connectivity index (χ3v) is 2.55. The maximum atomic E-state index is 10.9. The Balaban J connectivity index is 2.32. The molecule has 5 nitrogen and oxygen atoms in total. The summed E-state index contributed by atoms with van der Waals surface area (Å²) in [6, 6.07) is 0. The van der Waals surface area contributed by atoms with Gasteiger partial charge in [0.05, 0.1) is 12.3 Å². The Kier molecular flexibility index (Phi) is 3.88. The van der Waals surface area contributed by atoms with Crippen LogP contribution < -0.4 is 5.73 Å². The molecule has 0 aromatic heterocycles. The van der Waals surface area contributed by atoms with Gasteiger partial charge in [0, 0.05) is 13.1 Å². The van der Waals surface area contributed by atoms with Gasteiger partial charge in [-0.25, -0.2) is 0 Å². The number of carbonyl (C=O) groups is 2. The lowest BCUT2D eigenvalue weighted by Gasteiger charge is -2.30. The Hall–Kier alpha value is -1.10. The number of likely N-dealkylation sites (tertiary alicyclic amines) is 1. The Morgan fingerprint density at radius 1 is 1.50 bits per heavy atom. The van der Waals surface area contributed by atoms with Crippen molar-refractivity contribution in [2.75, 3.05) is 19.6 Å². The average Bonchev–Trinajstić information content (AvgIpc) is 2.15. The summed E-state index contributed by atoms with van der Waals surface area (Å²) in [5.74, 6) is -1.17. The van der Waals surface area contributed by atoms with E-state index >= 15 is 0 Å². The fraction of sp³-hybridized carbons (Fsp3) is 0.778. The van der Waals surface area contributed by atoms with Crippen molar-refractivity contribution >= 4 is 11.9 Å². The lowest BCUT2D eigenvalue weighted by atomic mass is 9.97. The van der Waals surface area contributed by atoms with E-state index in [1.807, 2.05) is 4.90 Å². The highest BCUT2D eigenvalue weighted by atomic mass is 16.4. The van der Waals surface area contributed by atoms with Crippen molar-refractivity contribution in [3.8, 4) is 0 Å². The zero-order valence-corrected chi connectivity index (χ0v) is 8.11. The van der Waals surface area contributed by atoms with Crippen molar-refractivity contribution < 1.29 is 14.7 Å². The normalized spacial score (nSPS) is 23.3. The molecule has 14 heavy (non-hydrogen) atoms. The molecule has 3 N–H and O–H groups in total. The predicted molar refractivity (Wildman–Crippen MR) is 50.6 cm³/mol. The molecule has 0 unspecified atom stereocenters. The Labute approximate surface area is 82.9 Å². The van der Waals surface area contributed by atoms with Crippen LogP contribution in [0.5, 0.6) is 0 Å². The SMILES string of the molecule is NC(=O)[C@@H]1CCCN(CCC(=O)O)C1. The van der Waals surface area contributed by atoms with Crippen LogP contribution in [-0.4, -0.2) is 41.5 Å². The van der Waals surface area contributed by atoms with Crippen LogP contribution >= 0.6 is 0 Å². The topological polar surface area (TPSA) is 83.6 Å². The summed E-state index contributed by atoms with van der Waals surface area (Å²) in [7, 11) is 0. The van der Waals surface area contributed by atoms with Crippen molar-refractivity contribution in [3.63, 3.8) is 0 Å². The van der Waals surface area contributed by atoms with Gasteiger partial charge in [-0.15, -0.1) is 0 Å². The van der Waals surface area contributed by atoms with Crippen LogP contribution in [0.1, 0.15) is 19.3 Å². The smallest absolute Gasteiger partial charge is 0.304 e. The second-order valence-electron chi connectivity index (χ2n) is 3.69. The van der Waals surface area contributed by atoms with E-state index in [4.69, 9.17) is 10.8 Å². The molecule has 0 bridgehead atoms. The van der Waals surface area contributed by atoms with Crippen LogP contribution in [0.15, 0.2) is 0 Å². The van der Waals surface area contributed by atoms with Crippen molar-refractivity contribution in [1.29, 1.82) is 0 Å².